The Kier molecular flexibility index (Phi) is 8.42. The lowest BCUT2D eigenvalue weighted by Gasteiger charge is -2.30. The predicted octanol–water partition coefficient (Wildman–Crippen LogP) is -0.795. The fraction of sp³-hybridized carbons (Fsp3) is 0.714. The van der Waals surface area contributed by atoms with Crippen LogP contribution < -0.4 is 10.6 Å². The zero-order valence-corrected chi connectivity index (χ0v) is 18.5. The topological polar surface area (TPSA) is 130 Å². The van der Waals surface area contributed by atoms with Crippen molar-refractivity contribution in [3.05, 3.63) is 0 Å². The summed E-state index contributed by atoms with van der Waals surface area (Å²) in [5, 5.41) is 15.6. The van der Waals surface area contributed by atoms with Crippen molar-refractivity contribution in [2.45, 2.75) is 69.3 Å². The van der Waals surface area contributed by atoms with Gasteiger partial charge in [0, 0.05) is 13.0 Å². The molecule has 172 valence electrons. The molecule has 0 radical (unpaired) electrons. The molecule has 2 heterocycles. The van der Waals surface area contributed by atoms with E-state index in [0.717, 1.165) is 0 Å². The molecule has 2 unspecified atom stereocenters. The number of likely N-dealkylation sites (tertiary alicyclic amines) is 1. The Bertz CT molecular complexity index is 761. The lowest BCUT2D eigenvalue weighted by Crippen LogP contribution is -2.58. The highest BCUT2D eigenvalue weighted by atomic mass is 16.5. The summed E-state index contributed by atoms with van der Waals surface area (Å²) in [6.45, 7) is 3.67. The van der Waals surface area contributed by atoms with Gasteiger partial charge in [-0.1, -0.05) is 0 Å². The van der Waals surface area contributed by atoms with E-state index in [1.165, 1.54) is 14.0 Å². The van der Waals surface area contributed by atoms with Crippen LogP contribution in [0.25, 0.3) is 0 Å². The minimum absolute atomic E-state index is 0.0217. The molecule has 0 saturated carbocycles. The maximum absolute atomic E-state index is 13.2. The Balaban J connectivity index is 2.22. The van der Waals surface area contributed by atoms with Crippen molar-refractivity contribution < 1.29 is 29.0 Å². The number of likely N-dealkylation sites (N-methyl/N-ethyl adjacent to an activating group) is 1. The van der Waals surface area contributed by atoms with Crippen LogP contribution in [0.15, 0.2) is 4.99 Å². The van der Waals surface area contributed by atoms with E-state index in [0.29, 0.717) is 25.3 Å². The molecule has 3 N–H and O–H groups in total. The summed E-state index contributed by atoms with van der Waals surface area (Å²) in [5.41, 5.74) is -0.922. The van der Waals surface area contributed by atoms with Gasteiger partial charge in [-0.05, 0) is 33.7 Å². The SMILES string of the molecule is C#CC[C@]1(CC(=O)OC)COC(C2CCCN2C(=O)[C@@H](NC(=O)[C@H](C)NC)C(C)O)=N1. The number of aliphatic hydroxyl groups excluding tert-OH is 1. The maximum atomic E-state index is 13.2. The minimum Gasteiger partial charge on any atom is -0.477 e. The van der Waals surface area contributed by atoms with Gasteiger partial charge in [0.05, 0.1) is 25.7 Å². The molecule has 0 aromatic heterocycles. The number of ether oxygens (including phenoxy) is 2. The average Bonchev–Trinajstić information content (AvgIpc) is 3.38. The van der Waals surface area contributed by atoms with Gasteiger partial charge >= 0.3 is 5.97 Å². The van der Waals surface area contributed by atoms with E-state index >= 15 is 0 Å². The molecule has 0 spiro atoms. The summed E-state index contributed by atoms with van der Waals surface area (Å²) in [5.74, 6) is 1.62. The highest BCUT2D eigenvalue weighted by Gasteiger charge is 2.45. The molecule has 2 aliphatic rings. The van der Waals surface area contributed by atoms with Crippen molar-refractivity contribution in [2.24, 2.45) is 4.99 Å². The Labute approximate surface area is 182 Å². The number of methoxy groups -OCH3 is 1. The second-order valence-corrected chi connectivity index (χ2v) is 8.02. The number of nitrogens with zero attached hydrogens (tertiary/aromatic N) is 2. The second kappa shape index (κ2) is 10.6. The van der Waals surface area contributed by atoms with Crippen LogP contribution in [0, 0.1) is 12.3 Å². The molecular formula is C21H32N4O6. The molecule has 1 saturated heterocycles. The van der Waals surface area contributed by atoms with Crippen molar-refractivity contribution >= 4 is 23.7 Å². The van der Waals surface area contributed by atoms with Crippen LogP contribution in [0.1, 0.15) is 39.5 Å². The number of hydrogen-bond donors (Lipinski definition) is 3. The molecule has 31 heavy (non-hydrogen) atoms. The van der Waals surface area contributed by atoms with Crippen LogP contribution in [0.3, 0.4) is 0 Å². The fourth-order valence-corrected chi connectivity index (χ4v) is 3.72. The second-order valence-electron chi connectivity index (χ2n) is 8.02. The van der Waals surface area contributed by atoms with Gasteiger partial charge in [0.1, 0.15) is 24.2 Å². The van der Waals surface area contributed by atoms with Crippen LogP contribution in [0.2, 0.25) is 0 Å². The lowest BCUT2D eigenvalue weighted by molar-refractivity contribution is -0.142. The quantitative estimate of drug-likeness (QED) is 0.319. The number of aliphatic imine (C=N–C) groups is 1. The van der Waals surface area contributed by atoms with Gasteiger partial charge in [0.15, 0.2) is 0 Å². The Morgan fingerprint density at radius 1 is 1.45 bits per heavy atom. The summed E-state index contributed by atoms with van der Waals surface area (Å²) in [7, 11) is 2.93. The first-order valence-corrected chi connectivity index (χ1v) is 10.4. The van der Waals surface area contributed by atoms with Crippen LogP contribution in [0.5, 0.6) is 0 Å². The first kappa shape index (κ1) is 24.6. The van der Waals surface area contributed by atoms with Gasteiger partial charge in [0.2, 0.25) is 17.7 Å². The number of aliphatic hydroxyl groups is 1. The highest BCUT2D eigenvalue weighted by Crippen LogP contribution is 2.31. The van der Waals surface area contributed by atoms with Gasteiger partial charge in [-0.15, -0.1) is 12.3 Å². The first-order valence-electron chi connectivity index (χ1n) is 10.4. The molecule has 10 heteroatoms. The van der Waals surface area contributed by atoms with Gasteiger partial charge in [0.25, 0.3) is 0 Å². The van der Waals surface area contributed by atoms with Crippen LogP contribution in [-0.2, 0) is 23.9 Å². The van der Waals surface area contributed by atoms with Crippen molar-refractivity contribution in [1.29, 1.82) is 0 Å². The largest absolute Gasteiger partial charge is 0.477 e. The van der Waals surface area contributed by atoms with E-state index in [2.05, 4.69) is 21.5 Å². The monoisotopic (exact) mass is 436 g/mol. The number of rotatable bonds is 9. The van der Waals surface area contributed by atoms with Crippen LogP contribution in [0.4, 0.5) is 0 Å². The van der Waals surface area contributed by atoms with Crippen molar-refractivity contribution in [1.82, 2.24) is 15.5 Å². The molecule has 0 bridgehead atoms. The Morgan fingerprint density at radius 2 is 2.16 bits per heavy atom. The third-order valence-electron chi connectivity index (χ3n) is 5.66. The maximum Gasteiger partial charge on any atom is 0.308 e. The first-order chi connectivity index (χ1) is 14.7. The number of carbonyl (C=O) groups excluding carboxylic acids is 3. The molecular weight excluding hydrogens is 404 g/mol. The normalized spacial score (nSPS) is 25.6. The summed E-state index contributed by atoms with van der Waals surface area (Å²) in [6.07, 6.45) is 5.89. The van der Waals surface area contributed by atoms with Gasteiger partial charge < -0.3 is 30.1 Å². The zero-order chi connectivity index (χ0) is 23.2. The molecule has 2 aliphatic heterocycles. The van der Waals surface area contributed by atoms with Gasteiger partial charge in [-0.3, -0.25) is 14.4 Å². The van der Waals surface area contributed by atoms with E-state index in [-0.39, 0.29) is 19.4 Å². The number of terminal acetylenes is 1. The summed E-state index contributed by atoms with van der Waals surface area (Å²) in [4.78, 5) is 43.5. The number of amides is 2. The van der Waals surface area contributed by atoms with E-state index in [4.69, 9.17) is 15.9 Å². The molecule has 10 nitrogen and oxygen atoms in total. The number of nitrogens with one attached hydrogen (secondary N) is 2. The van der Waals surface area contributed by atoms with Gasteiger partial charge in [-0.2, -0.15) is 0 Å². The third-order valence-corrected chi connectivity index (χ3v) is 5.66. The number of carbonyl (C=O) groups is 3. The van der Waals surface area contributed by atoms with Crippen LogP contribution in [-0.4, -0.2) is 90.8 Å². The van der Waals surface area contributed by atoms with Gasteiger partial charge in [-0.25, -0.2) is 4.99 Å². The summed E-state index contributed by atoms with van der Waals surface area (Å²) < 4.78 is 10.6. The zero-order valence-electron chi connectivity index (χ0n) is 18.5. The standard InChI is InChI=1S/C21H32N4O6/c1-6-9-21(11-16(27)30-5)12-31-19(24-21)15-8-7-10-25(15)20(29)17(14(3)26)23-18(28)13(2)22-4/h1,13-15,17,22,26H,7-12H2,2-5H3,(H,23,28)/t13-,14?,15?,17-,21-/m0/s1. The minimum atomic E-state index is -1.10. The van der Waals surface area contributed by atoms with Crippen LogP contribution >= 0.6 is 0 Å². The van der Waals surface area contributed by atoms with E-state index in [1.807, 2.05) is 0 Å². The summed E-state index contributed by atoms with van der Waals surface area (Å²) >= 11 is 0. The Hall–Kier alpha value is -2.64. The smallest absolute Gasteiger partial charge is 0.308 e. The third kappa shape index (κ3) is 5.74. The van der Waals surface area contributed by atoms with E-state index in [9.17, 15) is 19.5 Å². The van der Waals surface area contributed by atoms with Crippen molar-refractivity contribution in [3.63, 3.8) is 0 Å². The molecule has 5 atom stereocenters. The van der Waals surface area contributed by atoms with E-state index < -0.39 is 47.6 Å². The summed E-state index contributed by atoms with van der Waals surface area (Å²) in [6, 6.07) is -2.07. The molecule has 2 rings (SSSR count). The molecule has 0 aromatic carbocycles. The molecule has 2 amide bonds. The lowest BCUT2D eigenvalue weighted by atomic mass is 9.94. The number of hydrogen-bond acceptors (Lipinski definition) is 8. The highest BCUT2D eigenvalue weighted by molar-refractivity contribution is 5.94. The van der Waals surface area contributed by atoms with Crippen molar-refractivity contribution in [2.75, 3.05) is 27.3 Å². The fourth-order valence-electron chi connectivity index (χ4n) is 3.72. The van der Waals surface area contributed by atoms with Crippen molar-refractivity contribution in [3.8, 4) is 12.3 Å². The molecule has 0 aliphatic carbocycles. The average molecular weight is 437 g/mol. The Morgan fingerprint density at radius 3 is 2.74 bits per heavy atom. The predicted molar refractivity (Wildman–Crippen MR) is 113 cm³/mol. The van der Waals surface area contributed by atoms with E-state index in [1.54, 1.807) is 18.9 Å². The number of esters is 1. The molecule has 0 aromatic rings. The molecule has 1 fully saturated rings.